The summed E-state index contributed by atoms with van der Waals surface area (Å²) in [5, 5.41) is 0. The van der Waals surface area contributed by atoms with Gasteiger partial charge in [-0.3, -0.25) is 9.69 Å². The van der Waals surface area contributed by atoms with Crippen LogP contribution in [0.5, 0.6) is 0 Å². The highest BCUT2D eigenvalue weighted by molar-refractivity contribution is 5.96. The number of carbonyl (C=O) groups excluding carboxylic acids is 1. The van der Waals surface area contributed by atoms with Crippen molar-refractivity contribution >= 4 is 24.0 Å². The third-order valence-electron chi connectivity index (χ3n) is 4.80. The Morgan fingerprint density at radius 1 is 1.32 bits per heavy atom. The number of carbonyl (C=O) groups is 1. The summed E-state index contributed by atoms with van der Waals surface area (Å²) in [7, 11) is 0. The van der Waals surface area contributed by atoms with Gasteiger partial charge in [-0.25, -0.2) is 0 Å². The number of para-hydroxylation sites is 1. The zero-order valence-corrected chi connectivity index (χ0v) is 14.0. The van der Waals surface area contributed by atoms with Crippen molar-refractivity contribution in [1.29, 1.82) is 0 Å². The van der Waals surface area contributed by atoms with Gasteiger partial charge in [0.1, 0.15) is 0 Å². The lowest BCUT2D eigenvalue weighted by atomic mass is 9.97. The standard InChI is InChI=1S/C17H25N3O.ClH/c1-13(18)15-7-4-5-10-19(15)12-17(21)20-11-9-14-6-2-3-8-16(14)20;/h2-3,6,8,13,15H,4-5,7,9-12,18H2,1H3;1H. The van der Waals surface area contributed by atoms with Crippen molar-refractivity contribution in [2.45, 2.75) is 44.7 Å². The second-order valence-electron chi connectivity index (χ2n) is 6.32. The zero-order chi connectivity index (χ0) is 14.8. The maximum absolute atomic E-state index is 12.7. The summed E-state index contributed by atoms with van der Waals surface area (Å²) in [5.74, 6) is 0.215. The van der Waals surface area contributed by atoms with E-state index in [9.17, 15) is 4.79 Å². The number of nitrogens with zero attached hydrogens (tertiary/aromatic N) is 2. The average Bonchev–Trinajstić information content (AvgIpc) is 2.91. The van der Waals surface area contributed by atoms with E-state index in [4.69, 9.17) is 5.73 Å². The number of hydrogen-bond donors (Lipinski definition) is 1. The smallest absolute Gasteiger partial charge is 0.241 e. The number of likely N-dealkylation sites (tertiary alicyclic amines) is 1. The van der Waals surface area contributed by atoms with E-state index in [1.54, 1.807) is 0 Å². The number of halogens is 1. The molecule has 22 heavy (non-hydrogen) atoms. The third-order valence-corrected chi connectivity index (χ3v) is 4.80. The first kappa shape index (κ1) is 17.3. The SMILES string of the molecule is CC(N)C1CCCCN1CC(=O)N1CCc2ccccc21.Cl. The molecule has 1 aromatic carbocycles. The summed E-state index contributed by atoms with van der Waals surface area (Å²) >= 11 is 0. The van der Waals surface area contributed by atoms with Gasteiger partial charge >= 0.3 is 0 Å². The summed E-state index contributed by atoms with van der Waals surface area (Å²) in [6.07, 6.45) is 4.48. The number of fused-ring (bicyclic) bond motifs is 1. The Kier molecular flexibility index (Phi) is 5.84. The molecule has 1 amide bonds. The first-order valence-corrected chi connectivity index (χ1v) is 8.04. The molecule has 2 N–H and O–H groups in total. The topological polar surface area (TPSA) is 49.6 Å². The summed E-state index contributed by atoms with van der Waals surface area (Å²) in [4.78, 5) is 16.9. The van der Waals surface area contributed by atoms with Crippen LogP contribution in [-0.4, -0.2) is 42.5 Å². The predicted molar refractivity (Wildman–Crippen MR) is 92.6 cm³/mol. The van der Waals surface area contributed by atoms with Gasteiger partial charge < -0.3 is 10.6 Å². The number of hydrogen-bond acceptors (Lipinski definition) is 3. The second-order valence-corrected chi connectivity index (χ2v) is 6.32. The van der Waals surface area contributed by atoms with Gasteiger partial charge in [0.15, 0.2) is 0 Å². The van der Waals surface area contributed by atoms with Gasteiger partial charge in [-0.2, -0.15) is 0 Å². The van der Waals surface area contributed by atoms with E-state index in [0.29, 0.717) is 12.6 Å². The van der Waals surface area contributed by atoms with Gasteiger partial charge in [-0.1, -0.05) is 24.6 Å². The van der Waals surface area contributed by atoms with Crippen LogP contribution in [0.3, 0.4) is 0 Å². The van der Waals surface area contributed by atoms with Crippen LogP contribution in [0.1, 0.15) is 31.7 Å². The van der Waals surface area contributed by atoms with Gasteiger partial charge in [0.05, 0.1) is 6.54 Å². The molecule has 2 heterocycles. The fraction of sp³-hybridized carbons (Fsp3) is 0.588. The minimum atomic E-state index is 0. The van der Waals surface area contributed by atoms with Crippen LogP contribution in [0.25, 0.3) is 0 Å². The molecule has 1 fully saturated rings. The summed E-state index contributed by atoms with van der Waals surface area (Å²) in [6, 6.07) is 8.71. The highest BCUT2D eigenvalue weighted by atomic mass is 35.5. The van der Waals surface area contributed by atoms with E-state index < -0.39 is 0 Å². The summed E-state index contributed by atoms with van der Waals surface area (Å²) in [6.45, 7) is 4.36. The van der Waals surface area contributed by atoms with Crippen LogP contribution >= 0.6 is 12.4 Å². The molecule has 5 heteroatoms. The lowest BCUT2D eigenvalue weighted by Crippen LogP contribution is -2.52. The minimum Gasteiger partial charge on any atom is -0.327 e. The van der Waals surface area contributed by atoms with Crippen molar-refractivity contribution in [2.75, 3.05) is 24.5 Å². The van der Waals surface area contributed by atoms with Crippen molar-refractivity contribution in [3.63, 3.8) is 0 Å². The third kappa shape index (κ3) is 3.45. The molecule has 2 aliphatic heterocycles. The van der Waals surface area contributed by atoms with E-state index in [0.717, 1.165) is 31.6 Å². The van der Waals surface area contributed by atoms with Gasteiger partial charge in [0.2, 0.25) is 5.91 Å². The van der Waals surface area contributed by atoms with Crippen LogP contribution < -0.4 is 10.6 Å². The van der Waals surface area contributed by atoms with E-state index in [1.807, 2.05) is 17.0 Å². The number of rotatable bonds is 3. The molecule has 0 aromatic heterocycles. The highest BCUT2D eigenvalue weighted by Crippen LogP contribution is 2.28. The van der Waals surface area contributed by atoms with Crippen LogP contribution in [0.4, 0.5) is 5.69 Å². The van der Waals surface area contributed by atoms with Gasteiger partial charge in [-0.15, -0.1) is 12.4 Å². The van der Waals surface area contributed by atoms with E-state index in [1.165, 1.54) is 18.4 Å². The molecular formula is C17H26ClN3O. The Balaban J connectivity index is 0.00000176. The predicted octanol–water partition coefficient (Wildman–Crippen LogP) is 2.20. The van der Waals surface area contributed by atoms with E-state index in [2.05, 4.69) is 24.0 Å². The van der Waals surface area contributed by atoms with Crippen LogP contribution in [-0.2, 0) is 11.2 Å². The highest BCUT2D eigenvalue weighted by Gasteiger charge is 2.30. The lowest BCUT2D eigenvalue weighted by molar-refractivity contribution is -0.120. The molecule has 0 bridgehead atoms. The largest absolute Gasteiger partial charge is 0.327 e. The number of piperidine rings is 1. The summed E-state index contributed by atoms with van der Waals surface area (Å²) < 4.78 is 0. The van der Waals surface area contributed by atoms with Crippen molar-refractivity contribution in [3.05, 3.63) is 29.8 Å². The number of benzene rings is 1. The molecule has 0 radical (unpaired) electrons. The van der Waals surface area contributed by atoms with Crippen LogP contribution in [0.2, 0.25) is 0 Å². The number of nitrogens with two attached hydrogens (primary N) is 1. The first-order valence-electron chi connectivity index (χ1n) is 8.04. The lowest BCUT2D eigenvalue weighted by Gasteiger charge is -2.38. The van der Waals surface area contributed by atoms with Crippen molar-refractivity contribution in [3.8, 4) is 0 Å². The fourth-order valence-electron chi connectivity index (χ4n) is 3.66. The molecule has 0 saturated carbocycles. The monoisotopic (exact) mass is 323 g/mol. The van der Waals surface area contributed by atoms with Gasteiger partial charge in [0.25, 0.3) is 0 Å². The van der Waals surface area contributed by atoms with Crippen LogP contribution in [0, 0.1) is 0 Å². The number of anilines is 1. The molecule has 1 aromatic rings. The average molecular weight is 324 g/mol. The Labute approximate surface area is 139 Å². The van der Waals surface area contributed by atoms with Gasteiger partial charge in [-0.05, 0) is 44.4 Å². The second kappa shape index (κ2) is 7.44. The molecule has 2 atom stereocenters. The first-order chi connectivity index (χ1) is 10.2. The zero-order valence-electron chi connectivity index (χ0n) is 13.2. The van der Waals surface area contributed by atoms with Crippen molar-refractivity contribution in [1.82, 2.24) is 4.90 Å². The van der Waals surface area contributed by atoms with Crippen molar-refractivity contribution in [2.24, 2.45) is 5.73 Å². The molecule has 122 valence electrons. The molecular weight excluding hydrogens is 298 g/mol. The molecule has 0 spiro atoms. The van der Waals surface area contributed by atoms with Crippen molar-refractivity contribution < 1.29 is 4.79 Å². The molecule has 3 rings (SSSR count). The Morgan fingerprint density at radius 2 is 2.09 bits per heavy atom. The Bertz CT molecular complexity index is 520. The molecule has 1 saturated heterocycles. The fourth-order valence-corrected chi connectivity index (χ4v) is 3.66. The molecule has 0 aliphatic carbocycles. The minimum absolute atomic E-state index is 0. The molecule has 2 unspecified atom stereocenters. The van der Waals surface area contributed by atoms with Crippen LogP contribution in [0.15, 0.2) is 24.3 Å². The molecule has 4 nitrogen and oxygen atoms in total. The van der Waals surface area contributed by atoms with Gasteiger partial charge in [0, 0.05) is 24.3 Å². The Hall–Kier alpha value is -1.10. The Morgan fingerprint density at radius 3 is 2.86 bits per heavy atom. The van der Waals surface area contributed by atoms with E-state index >= 15 is 0 Å². The normalized spacial score (nSPS) is 22.8. The molecule has 2 aliphatic rings. The maximum Gasteiger partial charge on any atom is 0.241 e. The number of amides is 1. The quantitative estimate of drug-likeness (QED) is 0.927. The summed E-state index contributed by atoms with van der Waals surface area (Å²) in [5.41, 5.74) is 8.48. The maximum atomic E-state index is 12.7. The van der Waals surface area contributed by atoms with E-state index in [-0.39, 0.29) is 24.4 Å².